The van der Waals surface area contributed by atoms with E-state index in [1.807, 2.05) is 0 Å². The van der Waals surface area contributed by atoms with E-state index in [0.717, 1.165) is 65.0 Å². The number of anilines is 2. The zero-order valence-electron chi connectivity index (χ0n) is 21.5. The first-order valence-electron chi connectivity index (χ1n) is 12.5. The Morgan fingerprint density at radius 2 is 1.61 bits per heavy atom. The summed E-state index contributed by atoms with van der Waals surface area (Å²) in [6, 6.07) is 6.34. The average molecular weight is 556 g/mol. The smallest absolute Gasteiger partial charge is 0.411 e. The Labute approximate surface area is 226 Å². The van der Waals surface area contributed by atoms with Gasteiger partial charge < -0.3 is 31.2 Å². The Morgan fingerprint density at radius 3 is 2.26 bits per heavy atom. The quantitative estimate of drug-likeness (QED) is 0.145. The van der Waals surface area contributed by atoms with Gasteiger partial charge in [0, 0.05) is 12.1 Å². The SMILES string of the molecule is COC(=O)c1cc(F)c(NCCCNCCCCNCCCN)cc1NC(=O)OCc1c(F)cccc1Cl. The number of nitrogens with one attached hydrogen (secondary N) is 4. The van der Waals surface area contributed by atoms with Crippen LogP contribution in [0, 0.1) is 11.6 Å². The van der Waals surface area contributed by atoms with Gasteiger partial charge in [0.1, 0.15) is 18.2 Å². The van der Waals surface area contributed by atoms with Gasteiger partial charge in [-0.2, -0.15) is 0 Å². The fourth-order valence-electron chi connectivity index (χ4n) is 3.46. The summed E-state index contributed by atoms with van der Waals surface area (Å²) in [7, 11) is 1.14. The van der Waals surface area contributed by atoms with E-state index in [1.54, 1.807) is 0 Å². The molecule has 0 radical (unpaired) electrons. The van der Waals surface area contributed by atoms with Gasteiger partial charge in [-0.05, 0) is 82.7 Å². The molecule has 38 heavy (non-hydrogen) atoms. The molecule has 2 aromatic carbocycles. The van der Waals surface area contributed by atoms with Crippen LogP contribution >= 0.6 is 11.6 Å². The number of ether oxygens (including phenoxy) is 2. The van der Waals surface area contributed by atoms with Gasteiger partial charge in [-0.3, -0.25) is 5.32 Å². The predicted molar refractivity (Wildman–Crippen MR) is 145 cm³/mol. The molecule has 0 unspecified atom stereocenters. The third kappa shape index (κ3) is 10.8. The first-order chi connectivity index (χ1) is 18.4. The molecule has 210 valence electrons. The van der Waals surface area contributed by atoms with Crippen LogP contribution in [0.1, 0.15) is 41.6 Å². The number of carbonyl (C=O) groups excluding carboxylic acids is 2. The second-order valence-corrected chi connectivity index (χ2v) is 8.81. The van der Waals surface area contributed by atoms with Crippen molar-refractivity contribution in [1.82, 2.24) is 10.6 Å². The third-order valence-corrected chi connectivity index (χ3v) is 5.87. The molecule has 12 heteroatoms. The molecule has 0 aliphatic carbocycles. The van der Waals surface area contributed by atoms with Crippen molar-refractivity contribution in [2.75, 3.05) is 57.0 Å². The van der Waals surface area contributed by atoms with Crippen molar-refractivity contribution in [3.63, 3.8) is 0 Å². The van der Waals surface area contributed by atoms with E-state index in [2.05, 4.69) is 26.0 Å². The van der Waals surface area contributed by atoms with Crippen LogP contribution in [0.25, 0.3) is 0 Å². The van der Waals surface area contributed by atoms with Crippen molar-refractivity contribution in [3.05, 3.63) is 58.1 Å². The van der Waals surface area contributed by atoms with Gasteiger partial charge in [0.25, 0.3) is 0 Å². The highest BCUT2D eigenvalue weighted by molar-refractivity contribution is 6.31. The number of esters is 1. The zero-order chi connectivity index (χ0) is 27.8. The first-order valence-corrected chi connectivity index (χ1v) is 12.9. The van der Waals surface area contributed by atoms with Crippen LogP contribution in [0.3, 0.4) is 0 Å². The van der Waals surface area contributed by atoms with E-state index in [4.69, 9.17) is 22.1 Å². The van der Waals surface area contributed by atoms with Crippen molar-refractivity contribution in [2.45, 2.75) is 32.3 Å². The molecule has 0 saturated heterocycles. The molecule has 0 heterocycles. The van der Waals surface area contributed by atoms with Gasteiger partial charge in [0.05, 0.1) is 29.1 Å². The molecule has 0 spiro atoms. The van der Waals surface area contributed by atoms with Crippen LogP contribution in [-0.2, 0) is 16.1 Å². The number of benzene rings is 2. The van der Waals surface area contributed by atoms with Gasteiger partial charge in [-0.15, -0.1) is 0 Å². The standard InChI is InChI=1S/C26H36ClF2N5O4/c1-37-25(35)18-15-22(29)24(33-14-6-13-32-11-3-2-10-31-12-5-9-30)16-23(18)34-26(36)38-17-19-20(27)7-4-8-21(19)28/h4,7-8,15-16,31-33H,2-3,5-6,9-14,17,30H2,1H3,(H,34,36). The summed E-state index contributed by atoms with van der Waals surface area (Å²) in [6.45, 7) is 4.24. The molecule has 0 aliphatic heterocycles. The van der Waals surface area contributed by atoms with E-state index in [0.29, 0.717) is 13.1 Å². The maximum atomic E-state index is 14.6. The van der Waals surface area contributed by atoms with Crippen molar-refractivity contribution in [2.24, 2.45) is 5.73 Å². The summed E-state index contributed by atoms with van der Waals surface area (Å²) < 4.78 is 38.3. The second-order valence-electron chi connectivity index (χ2n) is 8.40. The summed E-state index contributed by atoms with van der Waals surface area (Å²) in [5.74, 6) is -2.15. The van der Waals surface area contributed by atoms with Gasteiger partial charge in [0.2, 0.25) is 0 Å². The maximum Gasteiger partial charge on any atom is 0.411 e. The molecule has 6 N–H and O–H groups in total. The normalized spacial score (nSPS) is 10.8. The van der Waals surface area contributed by atoms with Gasteiger partial charge >= 0.3 is 12.1 Å². The molecule has 1 amide bonds. The van der Waals surface area contributed by atoms with E-state index in [9.17, 15) is 18.4 Å². The van der Waals surface area contributed by atoms with Crippen molar-refractivity contribution >= 4 is 35.0 Å². The van der Waals surface area contributed by atoms with Crippen LogP contribution in [-0.4, -0.2) is 58.4 Å². The Morgan fingerprint density at radius 1 is 0.921 bits per heavy atom. The number of methoxy groups -OCH3 is 1. The lowest BCUT2D eigenvalue weighted by atomic mass is 10.1. The molecule has 0 saturated carbocycles. The summed E-state index contributed by atoms with van der Waals surface area (Å²) in [6.07, 6.45) is 2.83. The number of nitrogens with two attached hydrogens (primary N) is 1. The molecule has 0 aliphatic rings. The molecule has 2 rings (SSSR count). The topological polar surface area (TPSA) is 127 Å². The molecular formula is C26H36ClF2N5O4. The van der Waals surface area contributed by atoms with Crippen molar-refractivity contribution in [1.29, 1.82) is 0 Å². The Hall–Kier alpha value is -2.99. The zero-order valence-corrected chi connectivity index (χ0v) is 22.3. The molecular weight excluding hydrogens is 520 g/mol. The highest BCUT2D eigenvalue weighted by atomic mass is 35.5. The highest BCUT2D eigenvalue weighted by Crippen LogP contribution is 2.26. The van der Waals surface area contributed by atoms with Crippen LogP contribution in [0.2, 0.25) is 5.02 Å². The van der Waals surface area contributed by atoms with Gasteiger partial charge in [-0.1, -0.05) is 17.7 Å². The molecule has 0 aromatic heterocycles. The Kier molecular flexibility index (Phi) is 14.4. The highest BCUT2D eigenvalue weighted by Gasteiger charge is 2.19. The summed E-state index contributed by atoms with van der Waals surface area (Å²) >= 11 is 5.95. The van der Waals surface area contributed by atoms with Crippen LogP contribution in [0.15, 0.2) is 30.3 Å². The number of unbranched alkanes of at least 4 members (excludes halogenated alkanes) is 1. The largest absolute Gasteiger partial charge is 0.465 e. The second kappa shape index (κ2) is 17.5. The van der Waals surface area contributed by atoms with Gasteiger partial charge in [0.15, 0.2) is 0 Å². The predicted octanol–water partition coefficient (Wildman–Crippen LogP) is 4.26. The van der Waals surface area contributed by atoms with Crippen LogP contribution < -0.4 is 27.0 Å². The molecule has 9 nitrogen and oxygen atoms in total. The number of carbonyl (C=O) groups is 2. The average Bonchev–Trinajstić information content (AvgIpc) is 2.90. The van der Waals surface area contributed by atoms with E-state index >= 15 is 0 Å². The lowest BCUT2D eigenvalue weighted by Crippen LogP contribution is -2.22. The van der Waals surface area contributed by atoms with Crippen LogP contribution in [0.4, 0.5) is 25.0 Å². The molecule has 0 fully saturated rings. The minimum absolute atomic E-state index is 0.00626. The number of rotatable bonds is 17. The third-order valence-electron chi connectivity index (χ3n) is 5.52. The van der Waals surface area contributed by atoms with Gasteiger partial charge in [-0.25, -0.2) is 18.4 Å². The molecule has 0 atom stereocenters. The molecule has 0 bridgehead atoms. The lowest BCUT2D eigenvalue weighted by Gasteiger charge is -2.15. The van der Waals surface area contributed by atoms with Crippen molar-refractivity contribution < 1.29 is 27.8 Å². The summed E-state index contributed by atoms with van der Waals surface area (Å²) in [5, 5.41) is 12.1. The van der Waals surface area contributed by atoms with Crippen molar-refractivity contribution in [3.8, 4) is 0 Å². The minimum Gasteiger partial charge on any atom is -0.465 e. The van der Waals surface area contributed by atoms with E-state index in [1.165, 1.54) is 24.3 Å². The fourth-order valence-corrected chi connectivity index (χ4v) is 3.68. The Balaban J connectivity index is 1.85. The van der Waals surface area contributed by atoms with Crippen LogP contribution in [0.5, 0.6) is 0 Å². The van der Waals surface area contributed by atoms with E-state index < -0.39 is 30.3 Å². The monoisotopic (exact) mass is 555 g/mol. The fraction of sp³-hybridized carbons (Fsp3) is 0.462. The minimum atomic E-state index is -0.981. The maximum absolute atomic E-state index is 14.6. The summed E-state index contributed by atoms with van der Waals surface area (Å²) in [5.41, 5.74) is 5.33. The number of hydrogen-bond acceptors (Lipinski definition) is 8. The first kappa shape index (κ1) is 31.2. The number of halogens is 3. The number of hydrogen-bond donors (Lipinski definition) is 5. The summed E-state index contributed by atoms with van der Waals surface area (Å²) in [4.78, 5) is 24.5. The molecule has 2 aromatic rings. The lowest BCUT2D eigenvalue weighted by molar-refractivity contribution is 0.0601. The van der Waals surface area contributed by atoms with E-state index in [-0.39, 0.29) is 27.5 Å². The Bertz CT molecular complexity index is 1020. The number of amides is 1.